The Labute approximate surface area is 171 Å². The normalized spacial score (nSPS) is 11.3. The summed E-state index contributed by atoms with van der Waals surface area (Å²) in [4.78, 5) is 23.5. The number of ether oxygens (including phenoxy) is 1. The maximum atomic E-state index is 12.6. The molecule has 8 heteroatoms. The average Bonchev–Trinajstić information content (AvgIpc) is 2.69. The molecule has 0 fully saturated rings. The van der Waals surface area contributed by atoms with Crippen molar-refractivity contribution in [2.75, 3.05) is 25.5 Å². The van der Waals surface area contributed by atoms with Gasteiger partial charge in [0.15, 0.2) is 5.78 Å². The van der Waals surface area contributed by atoms with E-state index >= 15 is 0 Å². The monoisotopic (exact) mass is 418 g/mol. The number of anilines is 1. The van der Waals surface area contributed by atoms with Gasteiger partial charge in [0.2, 0.25) is 15.9 Å². The number of carbonyl (C=O) groups is 2. The second-order valence-corrected chi connectivity index (χ2v) is 8.56. The van der Waals surface area contributed by atoms with Crippen LogP contribution in [0.3, 0.4) is 0 Å². The maximum Gasteiger partial charge on any atom is 0.242 e. The van der Waals surface area contributed by atoms with Gasteiger partial charge in [-0.1, -0.05) is 12.1 Å². The zero-order chi connectivity index (χ0) is 21.4. The molecular weight excluding hydrogens is 392 g/mol. The van der Waals surface area contributed by atoms with Crippen LogP contribution in [0.25, 0.3) is 0 Å². The van der Waals surface area contributed by atoms with Crippen molar-refractivity contribution in [3.05, 3.63) is 54.1 Å². The van der Waals surface area contributed by atoms with Gasteiger partial charge >= 0.3 is 0 Å². The molecule has 0 aliphatic carbocycles. The summed E-state index contributed by atoms with van der Waals surface area (Å²) in [5, 5.41) is 2.78. The molecule has 0 spiro atoms. The standard InChI is InChI=1S/C21H26N2O5S/c1-4-28-19-11-9-18(10-12-19)22-21(25)6-5-15-23(3)29(26,27)20-13-7-17(8-14-20)16(2)24/h7-14H,4-6,15H2,1-3H3,(H,22,25). The lowest BCUT2D eigenvalue weighted by Crippen LogP contribution is -2.28. The molecular formula is C21H26N2O5S. The lowest BCUT2D eigenvalue weighted by Gasteiger charge is -2.17. The van der Waals surface area contributed by atoms with Crippen molar-refractivity contribution >= 4 is 27.4 Å². The predicted octanol–water partition coefficient (Wildman–Crippen LogP) is 3.33. The number of hydrogen-bond donors (Lipinski definition) is 1. The van der Waals surface area contributed by atoms with Gasteiger partial charge in [-0.05, 0) is 56.7 Å². The Kier molecular flexibility index (Phi) is 7.92. The molecule has 0 aliphatic rings. The first-order valence-electron chi connectivity index (χ1n) is 9.34. The van der Waals surface area contributed by atoms with Crippen molar-refractivity contribution < 1.29 is 22.7 Å². The smallest absolute Gasteiger partial charge is 0.242 e. The van der Waals surface area contributed by atoms with E-state index in [2.05, 4.69) is 5.32 Å². The van der Waals surface area contributed by atoms with Gasteiger partial charge in [-0.3, -0.25) is 9.59 Å². The van der Waals surface area contributed by atoms with Crippen LogP contribution in [0.15, 0.2) is 53.4 Å². The quantitative estimate of drug-likeness (QED) is 0.598. The molecule has 7 nitrogen and oxygen atoms in total. The average molecular weight is 419 g/mol. The van der Waals surface area contributed by atoms with E-state index in [0.717, 1.165) is 5.75 Å². The molecule has 2 aromatic rings. The van der Waals surface area contributed by atoms with E-state index < -0.39 is 10.0 Å². The zero-order valence-electron chi connectivity index (χ0n) is 16.8. The summed E-state index contributed by atoms with van der Waals surface area (Å²) in [5.74, 6) is 0.417. The van der Waals surface area contributed by atoms with Gasteiger partial charge in [-0.2, -0.15) is 0 Å². The van der Waals surface area contributed by atoms with Crippen molar-refractivity contribution in [2.45, 2.75) is 31.6 Å². The zero-order valence-corrected chi connectivity index (χ0v) is 17.7. The van der Waals surface area contributed by atoms with Crippen LogP contribution in [0.4, 0.5) is 5.69 Å². The number of rotatable bonds is 10. The van der Waals surface area contributed by atoms with Gasteiger partial charge in [0, 0.05) is 31.3 Å². The topological polar surface area (TPSA) is 92.8 Å². The molecule has 2 rings (SSSR count). The number of benzene rings is 2. The molecule has 156 valence electrons. The highest BCUT2D eigenvalue weighted by Gasteiger charge is 2.20. The highest BCUT2D eigenvalue weighted by molar-refractivity contribution is 7.89. The summed E-state index contributed by atoms with van der Waals surface area (Å²) in [6, 6.07) is 12.9. The lowest BCUT2D eigenvalue weighted by molar-refractivity contribution is -0.116. The van der Waals surface area contributed by atoms with Crippen LogP contribution in [0.5, 0.6) is 5.75 Å². The van der Waals surface area contributed by atoms with Gasteiger partial charge in [0.1, 0.15) is 5.75 Å². The Morgan fingerprint density at radius 3 is 2.21 bits per heavy atom. The molecule has 0 radical (unpaired) electrons. The third-order valence-corrected chi connectivity index (χ3v) is 6.17. The number of carbonyl (C=O) groups excluding carboxylic acids is 2. The fourth-order valence-electron chi connectivity index (χ4n) is 2.65. The molecule has 2 aromatic carbocycles. The molecule has 0 bridgehead atoms. The van der Waals surface area contributed by atoms with E-state index in [9.17, 15) is 18.0 Å². The first kappa shape index (κ1) is 22.6. The van der Waals surface area contributed by atoms with Crippen LogP contribution in [0, 0.1) is 0 Å². The van der Waals surface area contributed by atoms with Gasteiger partial charge in [0.25, 0.3) is 0 Å². The summed E-state index contributed by atoms with van der Waals surface area (Å²) in [6.07, 6.45) is 0.570. The first-order valence-corrected chi connectivity index (χ1v) is 10.8. The minimum atomic E-state index is -3.67. The molecule has 1 amide bonds. The summed E-state index contributed by atoms with van der Waals surface area (Å²) in [5.41, 5.74) is 1.11. The van der Waals surface area contributed by atoms with Crippen molar-refractivity contribution in [3.8, 4) is 5.75 Å². The minimum Gasteiger partial charge on any atom is -0.494 e. The lowest BCUT2D eigenvalue weighted by atomic mass is 10.2. The van der Waals surface area contributed by atoms with E-state index in [-0.39, 0.29) is 29.6 Å². The summed E-state index contributed by atoms with van der Waals surface area (Å²) in [7, 11) is -2.20. The second kappa shape index (κ2) is 10.2. The first-order chi connectivity index (χ1) is 13.7. The van der Waals surface area contributed by atoms with E-state index in [4.69, 9.17) is 4.74 Å². The molecule has 1 N–H and O–H groups in total. The van der Waals surface area contributed by atoms with Crippen molar-refractivity contribution in [2.24, 2.45) is 0 Å². The van der Waals surface area contributed by atoms with Gasteiger partial charge in [-0.25, -0.2) is 12.7 Å². The van der Waals surface area contributed by atoms with E-state index in [1.54, 1.807) is 24.3 Å². The van der Waals surface area contributed by atoms with E-state index in [0.29, 0.717) is 24.3 Å². The molecule has 0 saturated heterocycles. The SMILES string of the molecule is CCOc1ccc(NC(=O)CCCN(C)S(=O)(=O)c2ccc(C(C)=O)cc2)cc1. The molecule has 29 heavy (non-hydrogen) atoms. The number of ketones is 1. The fraction of sp³-hybridized carbons (Fsp3) is 0.333. The largest absolute Gasteiger partial charge is 0.494 e. The van der Waals surface area contributed by atoms with Crippen molar-refractivity contribution in [1.82, 2.24) is 4.31 Å². The Hall–Kier alpha value is -2.71. The minimum absolute atomic E-state index is 0.115. The van der Waals surface area contributed by atoms with Crippen molar-refractivity contribution in [3.63, 3.8) is 0 Å². The highest BCUT2D eigenvalue weighted by Crippen LogP contribution is 2.17. The number of nitrogens with one attached hydrogen (secondary N) is 1. The van der Waals surface area contributed by atoms with Crippen LogP contribution < -0.4 is 10.1 Å². The van der Waals surface area contributed by atoms with Crippen LogP contribution in [0.2, 0.25) is 0 Å². The van der Waals surface area contributed by atoms with Crippen LogP contribution in [-0.2, 0) is 14.8 Å². The molecule has 0 unspecified atom stereocenters. The summed E-state index contributed by atoms with van der Waals surface area (Å²) >= 11 is 0. The molecule has 0 aromatic heterocycles. The van der Waals surface area contributed by atoms with Gasteiger partial charge in [-0.15, -0.1) is 0 Å². The number of Topliss-reactive ketones (excluding diaryl/α,β-unsaturated/α-hetero) is 1. The van der Waals surface area contributed by atoms with Crippen LogP contribution >= 0.6 is 0 Å². The van der Waals surface area contributed by atoms with Crippen LogP contribution in [-0.4, -0.2) is 44.6 Å². The number of nitrogens with zero attached hydrogens (tertiary/aromatic N) is 1. The number of amides is 1. The van der Waals surface area contributed by atoms with Crippen LogP contribution in [0.1, 0.15) is 37.0 Å². The predicted molar refractivity (Wildman–Crippen MR) is 112 cm³/mol. The summed E-state index contributed by atoms with van der Waals surface area (Å²) in [6.45, 7) is 4.10. The highest BCUT2D eigenvalue weighted by atomic mass is 32.2. The third kappa shape index (κ3) is 6.40. The molecule has 0 aliphatic heterocycles. The molecule has 0 saturated carbocycles. The number of hydrogen-bond acceptors (Lipinski definition) is 5. The number of sulfonamides is 1. The Morgan fingerprint density at radius 2 is 1.66 bits per heavy atom. The van der Waals surface area contributed by atoms with E-state index in [1.807, 2.05) is 6.92 Å². The second-order valence-electron chi connectivity index (χ2n) is 6.52. The Balaban J connectivity index is 1.85. The molecule has 0 atom stereocenters. The Bertz CT molecular complexity index is 938. The fourth-order valence-corrected chi connectivity index (χ4v) is 3.86. The molecule has 0 heterocycles. The van der Waals surface area contributed by atoms with Crippen molar-refractivity contribution in [1.29, 1.82) is 0 Å². The van der Waals surface area contributed by atoms with Gasteiger partial charge < -0.3 is 10.1 Å². The maximum absolute atomic E-state index is 12.6. The Morgan fingerprint density at radius 1 is 1.03 bits per heavy atom. The summed E-state index contributed by atoms with van der Waals surface area (Å²) < 4.78 is 31.7. The van der Waals surface area contributed by atoms with Gasteiger partial charge in [0.05, 0.1) is 11.5 Å². The van der Waals surface area contributed by atoms with E-state index in [1.165, 1.54) is 42.5 Å². The third-order valence-electron chi connectivity index (χ3n) is 4.29.